The Morgan fingerprint density at radius 1 is 1.18 bits per heavy atom. The standard InChI is InChI=1S/C15H22N4O2S/c20-12-8-19(9-12)15-16-13(11-1-4-21-10-11)7-14(17-15)18-2-5-22-6-3-18/h7,11-12,20H,1-6,8-10H2/t11-/m0/s1. The molecular weight excluding hydrogens is 300 g/mol. The van der Waals surface area contributed by atoms with Gasteiger partial charge in [-0.05, 0) is 6.42 Å². The summed E-state index contributed by atoms with van der Waals surface area (Å²) >= 11 is 2.00. The maximum absolute atomic E-state index is 9.55. The van der Waals surface area contributed by atoms with Gasteiger partial charge >= 0.3 is 0 Å². The summed E-state index contributed by atoms with van der Waals surface area (Å²) in [6, 6.07) is 2.15. The van der Waals surface area contributed by atoms with Crippen LogP contribution in [0.4, 0.5) is 11.8 Å². The molecule has 0 unspecified atom stereocenters. The summed E-state index contributed by atoms with van der Waals surface area (Å²) < 4.78 is 5.52. The first kappa shape index (κ1) is 14.5. The number of β-amino-alcohol motifs (C(OH)–C–C–N with tert-alkyl or cyclic N) is 1. The van der Waals surface area contributed by atoms with E-state index in [0.29, 0.717) is 19.0 Å². The first-order chi connectivity index (χ1) is 10.8. The third-order valence-corrected chi connectivity index (χ3v) is 5.49. The van der Waals surface area contributed by atoms with Crippen LogP contribution < -0.4 is 9.80 Å². The van der Waals surface area contributed by atoms with E-state index in [-0.39, 0.29) is 6.10 Å². The first-order valence-electron chi connectivity index (χ1n) is 8.02. The number of hydrogen-bond acceptors (Lipinski definition) is 7. The Hall–Kier alpha value is -1.05. The van der Waals surface area contributed by atoms with E-state index in [1.54, 1.807) is 0 Å². The van der Waals surface area contributed by atoms with Gasteiger partial charge in [0.2, 0.25) is 5.95 Å². The van der Waals surface area contributed by atoms with Gasteiger partial charge in [0.15, 0.2) is 0 Å². The van der Waals surface area contributed by atoms with E-state index in [0.717, 1.165) is 61.7 Å². The van der Waals surface area contributed by atoms with E-state index >= 15 is 0 Å². The van der Waals surface area contributed by atoms with Crippen molar-refractivity contribution in [3.05, 3.63) is 11.8 Å². The molecule has 22 heavy (non-hydrogen) atoms. The van der Waals surface area contributed by atoms with Crippen LogP contribution >= 0.6 is 11.8 Å². The second-order valence-electron chi connectivity index (χ2n) is 6.17. The zero-order chi connectivity index (χ0) is 14.9. The Labute approximate surface area is 134 Å². The van der Waals surface area contributed by atoms with Crippen LogP contribution in [0.1, 0.15) is 18.0 Å². The molecule has 1 aromatic heterocycles. The summed E-state index contributed by atoms with van der Waals surface area (Å²) in [5.41, 5.74) is 1.09. The Bertz CT molecular complexity index is 526. The van der Waals surface area contributed by atoms with Gasteiger partial charge < -0.3 is 19.6 Å². The van der Waals surface area contributed by atoms with E-state index in [1.165, 1.54) is 0 Å². The minimum Gasteiger partial charge on any atom is -0.389 e. The van der Waals surface area contributed by atoms with E-state index < -0.39 is 0 Å². The van der Waals surface area contributed by atoms with Crippen molar-refractivity contribution in [2.45, 2.75) is 18.4 Å². The summed E-state index contributed by atoms with van der Waals surface area (Å²) in [6.45, 7) is 4.95. The Morgan fingerprint density at radius 2 is 2.00 bits per heavy atom. The van der Waals surface area contributed by atoms with Gasteiger partial charge in [-0.1, -0.05) is 0 Å². The molecule has 0 spiro atoms. The molecule has 3 aliphatic heterocycles. The molecule has 0 saturated carbocycles. The van der Waals surface area contributed by atoms with Gasteiger partial charge in [0, 0.05) is 56.3 Å². The second-order valence-corrected chi connectivity index (χ2v) is 7.39. The molecule has 3 aliphatic rings. The largest absolute Gasteiger partial charge is 0.389 e. The van der Waals surface area contributed by atoms with E-state index in [1.807, 2.05) is 11.8 Å². The molecule has 6 nitrogen and oxygen atoms in total. The van der Waals surface area contributed by atoms with Crippen molar-refractivity contribution in [3.8, 4) is 0 Å². The summed E-state index contributed by atoms with van der Waals surface area (Å²) in [5.74, 6) is 4.50. The van der Waals surface area contributed by atoms with Crippen LogP contribution in [-0.2, 0) is 4.74 Å². The summed E-state index contributed by atoms with van der Waals surface area (Å²) in [6.07, 6.45) is 0.797. The molecule has 1 aromatic rings. The van der Waals surface area contributed by atoms with Crippen molar-refractivity contribution in [1.29, 1.82) is 0 Å². The number of hydrogen-bond donors (Lipinski definition) is 1. The molecule has 1 atom stereocenters. The highest BCUT2D eigenvalue weighted by Gasteiger charge is 2.29. The zero-order valence-electron chi connectivity index (χ0n) is 12.6. The number of anilines is 2. The topological polar surface area (TPSA) is 61.7 Å². The first-order valence-corrected chi connectivity index (χ1v) is 9.17. The molecule has 0 aromatic carbocycles. The normalized spacial score (nSPS) is 26.3. The molecule has 4 heterocycles. The lowest BCUT2D eigenvalue weighted by molar-refractivity contribution is 0.140. The molecule has 7 heteroatoms. The third-order valence-electron chi connectivity index (χ3n) is 4.55. The van der Waals surface area contributed by atoms with Gasteiger partial charge in [-0.3, -0.25) is 0 Å². The zero-order valence-corrected chi connectivity index (χ0v) is 13.5. The van der Waals surface area contributed by atoms with Crippen LogP contribution in [0.5, 0.6) is 0 Å². The Morgan fingerprint density at radius 3 is 2.68 bits per heavy atom. The van der Waals surface area contributed by atoms with Gasteiger partial charge in [-0.25, -0.2) is 4.98 Å². The van der Waals surface area contributed by atoms with E-state index in [4.69, 9.17) is 14.7 Å². The van der Waals surface area contributed by atoms with Gasteiger partial charge in [0.1, 0.15) is 5.82 Å². The van der Waals surface area contributed by atoms with Crippen molar-refractivity contribution in [3.63, 3.8) is 0 Å². The van der Waals surface area contributed by atoms with Crippen LogP contribution in [0.25, 0.3) is 0 Å². The number of nitrogens with zero attached hydrogens (tertiary/aromatic N) is 4. The fourth-order valence-corrected chi connectivity index (χ4v) is 4.03. The average molecular weight is 322 g/mol. The van der Waals surface area contributed by atoms with E-state index in [2.05, 4.69) is 15.9 Å². The van der Waals surface area contributed by atoms with Crippen LogP contribution in [-0.4, -0.2) is 72.1 Å². The highest BCUT2D eigenvalue weighted by atomic mass is 32.2. The maximum atomic E-state index is 9.55. The van der Waals surface area contributed by atoms with Gasteiger partial charge in [-0.15, -0.1) is 0 Å². The number of thioether (sulfide) groups is 1. The molecule has 3 fully saturated rings. The van der Waals surface area contributed by atoms with Crippen molar-refractivity contribution >= 4 is 23.5 Å². The highest BCUT2D eigenvalue weighted by Crippen LogP contribution is 2.30. The SMILES string of the molecule is OC1CN(c2nc([C@H]3CCOC3)cc(N3CCSCC3)n2)C1. The number of aromatic nitrogens is 2. The number of rotatable bonds is 3. The third kappa shape index (κ3) is 2.89. The van der Waals surface area contributed by atoms with Gasteiger partial charge in [0.25, 0.3) is 0 Å². The molecule has 0 bridgehead atoms. The Balaban J connectivity index is 1.63. The van der Waals surface area contributed by atoms with Crippen molar-refractivity contribution < 1.29 is 9.84 Å². The summed E-state index contributed by atoms with van der Waals surface area (Å²) in [4.78, 5) is 13.9. The molecular formula is C15H22N4O2S. The lowest BCUT2D eigenvalue weighted by Crippen LogP contribution is -2.51. The lowest BCUT2D eigenvalue weighted by Gasteiger charge is -2.37. The maximum Gasteiger partial charge on any atom is 0.227 e. The monoisotopic (exact) mass is 322 g/mol. The van der Waals surface area contributed by atoms with Gasteiger partial charge in [-0.2, -0.15) is 16.7 Å². The van der Waals surface area contributed by atoms with E-state index in [9.17, 15) is 5.11 Å². The van der Waals surface area contributed by atoms with Crippen molar-refractivity contribution in [1.82, 2.24) is 9.97 Å². The molecule has 4 rings (SSSR count). The number of ether oxygens (including phenoxy) is 1. The predicted molar refractivity (Wildman–Crippen MR) is 88.0 cm³/mol. The fraction of sp³-hybridized carbons (Fsp3) is 0.733. The second kappa shape index (κ2) is 6.22. The fourth-order valence-electron chi connectivity index (χ4n) is 3.13. The Kier molecular flexibility index (Phi) is 4.11. The van der Waals surface area contributed by atoms with Crippen LogP contribution in [0, 0.1) is 0 Å². The predicted octanol–water partition coefficient (Wildman–Crippen LogP) is 0.715. The lowest BCUT2D eigenvalue weighted by atomic mass is 10.0. The molecule has 0 amide bonds. The van der Waals surface area contributed by atoms with Gasteiger partial charge in [0.05, 0.1) is 18.4 Å². The molecule has 0 aliphatic carbocycles. The summed E-state index contributed by atoms with van der Waals surface area (Å²) in [5, 5.41) is 9.55. The number of aliphatic hydroxyl groups excluding tert-OH is 1. The van der Waals surface area contributed by atoms with Crippen molar-refractivity contribution in [2.24, 2.45) is 0 Å². The molecule has 120 valence electrons. The van der Waals surface area contributed by atoms with Crippen LogP contribution in [0.15, 0.2) is 6.07 Å². The minimum absolute atomic E-state index is 0.239. The smallest absolute Gasteiger partial charge is 0.227 e. The quantitative estimate of drug-likeness (QED) is 0.879. The molecule has 0 radical (unpaired) electrons. The molecule has 3 saturated heterocycles. The minimum atomic E-state index is -0.239. The highest BCUT2D eigenvalue weighted by molar-refractivity contribution is 7.99. The average Bonchev–Trinajstić information content (AvgIpc) is 3.07. The van der Waals surface area contributed by atoms with Crippen LogP contribution in [0.3, 0.4) is 0 Å². The molecule has 1 N–H and O–H groups in total. The van der Waals surface area contributed by atoms with Crippen LogP contribution in [0.2, 0.25) is 0 Å². The van der Waals surface area contributed by atoms with Crippen molar-refractivity contribution in [2.75, 3.05) is 60.7 Å². The number of aliphatic hydroxyl groups is 1. The summed E-state index contributed by atoms with van der Waals surface area (Å²) in [7, 11) is 0.